The van der Waals surface area contributed by atoms with Gasteiger partial charge < -0.3 is 14.4 Å². The summed E-state index contributed by atoms with van der Waals surface area (Å²) in [5.41, 5.74) is 5.42. The van der Waals surface area contributed by atoms with E-state index in [0.29, 0.717) is 18.0 Å². The van der Waals surface area contributed by atoms with E-state index in [1.165, 1.54) is 16.7 Å². The summed E-state index contributed by atoms with van der Waals surface area (Å²) in [6.07, 6.45) is 5.66. The number of aromatic nitrogens is 1. The monoisotopic (exact) mass is 531 g/mol. The van der Waals surface area contributed by atoms with Crippen LogP contribution in [-0.4, -0.2) is 48.2 Å². The van der Waals surface area contributed by atoms with Crippen molar-refractivity contribution in [3.05, 3.63) is 65.1 Å². The number of thiazole rings is 1. The van der Waals surface area contributed by atoms with Crippen LogP contribution in [0.1, 0.15) is 51.7 Å². The highest BCUT2D eigenvalue weighted by molar-refractivity contribution is 7.18. The van der Waals surface area contributed by atoms with E-state index in [2.05, 4.69) is 34.9 Å². The zero-order valence-electron chi connectivity index (χ0n) is 22.8. The van der Waals surface area contributed by atoms with Crippen LogP contribution >= 0.6 is 11.3 Å². The molecule has 1 fully saturated rings. The van der Waals surface area contributed by atoms with Gasteiger partial charge in [0, 0.05) is 18.3 Å². The Morgan fingerprint density at radius 2 is 2.00 bits per heavy atom. The maximum absolute atomic E-state index is 12.1. The highest BCUT2D eigenvalue weighted by Crippen LogP contribution is 2.38. The van der Waals surface area contributed by atoms with Crippen LogP contribution in [0.25, 0.3) is 25.9 Å². The van der Waals surface area contributed by atoms with Crippen LogP contribution in [0.4, 0.5) is 5.69 Å². The largest absolute Gasteiger partial charge is 0.502 e. The van der Waals surface area contributed by atoms with Crippen LogP contribution < -0.4 is 4.74 Å². The maximum Gasteiger partial charge on any atom is 0.309 e. The molecule has 2 heterocycles. The van der Waals surface area contributed by atoms with Gasteiger partial charge in [-0.05, 0) is 88.4 Å². The molecule has 0 spiro atoms. The summed E-state index contributed by atoms with van der Waals surface area (Å²) in [7, 11) is 0. The van der Waals surface area contributed by atoms with Crippen molar-refractivity contribution in [2.75, 3.05) is 26.2 Å². The van der Waals surface area contributed by atoms with Gasteiger partial charge >= 0.3 is 5.97 Å². The van der Waals surface area contributed by atoms with Crippen LogP contribution in [0.2, 0.25) is 0 Å². The molecule has 0 amide bonds. The fourth-order valence-corrected chi connectivity index (χ4v) is 6.04. The van der Waals surface area contributed by atoms with Gasteiger partial charge in [-0.1, -0.05) is 31.2 Å². The van der Waals surface area contributed by atoms with Crippen molar-refractivity contribution in [2.45, 2.75) is 59.5 Å². The van der Waals surface area contributed by atoms with Gasteiger partial charge in [0.2, 0.25) is 5.69 Å². The van der Waals surface area contributed by atoms with Crippen LogP contribution in [0.3, 0.4) is 0 Å². The molecule has 200 valence electrons. The van der Waals surface area contributed by atoms with Crippen molar-refractivity contribution >= 4 is 23.0 Å². The van der Waals surface area contributed by atoms with Gasteiger partial charge in [-0.2, -0.15) is 0 Å². The summed E-state index contributed by atoms with van der Waals surface area (Å²) in [4.78, 5) is 24.0. The molecular weight excluding hydrogens is 494 g/mol. The molecule has 2 aromatic carbocycles. The average Bonchev–Trinajstić information content (AvgIpc) is 3.42. The summed E-state index contributed by atoms with van der Waals surface area (Å²) in [6.45, 7) is 18.9. The number of carbonyl (C=O) groups is 1. The van der Waals surface area contributed by atoms with Crippen molar-refractivity contribution in [1.29, 1.82) is 0 Å². The fourth-order valence-electron chi connectivity index (χ4n) is 5.07. The van der Waals surface area contributed by atoms with Crippen LogP contribution in [0.15, 0.2) is 42.6 Å². The Labute approximate surface area is 230 Å². The lowest BCUT2D eigenvalue weighted by molar-refractivity contribution is -0.149. The summed E-state index contributed by atoms with van der Waals surface area (Å²) in [5, 5.41) is 0.901. The molecular formula is C31H37N3O3S. The zero-order valence-corrected chi connectivity index (χ0v) is 23.6. The second-order valence-corrected chi connectivity index (χ2v) is 10.9. The number of nitrogens with zero attached hydrogens (tertiary/aromatic N) is 3. The van der Waals surface area contributed by atoms with Crippen molar-refractivity contribution in [3.63, 3.8) is 0 Å². The lowest BCUT2D eigenvalue weighted by Crippen LogP contribution is -2.38. The van der Waals surface area contributed by atoms with Crippen molar-refractivity contribution in [2.24, 2.45) is 5.92 Å². The quantitative estimate of drug-likeness (QED) is 0.205. The Kier molecular flexibility index (Phi) is 9.54. The summed E-state index contributed by atoms with van der Waals surface area (Å²) in [5.74, 6) is 0.620. The molecule has 0 atom stereocenters. The predicted molar refractivity (Wildman–Crippen MR) is 154 cm³/mol. The molecule has 3 aromatic rings. The van der Waals surface area contributed by atoms with Crippen molar-refractivity contribution in [1.82, 2.24) is 9.88 Å². The highest BCUT2D eigenvalue weighted by Gasteiger charge is 2.26. The predicted octanol–water partition coefficient (Wildman–Crippen LogP) is 7.20. The van der Waals surface area contributed by atoms with E-state index in [9.17, 15) is 4.79 Å². The molecule has 0 bridgehead atoms. The molecule has 1 aromatic heterocycles. The standard InChI is InChI=1S/C31H37N3O3S/c1-6-25-22(13-16-34-17-14-23(15-18-34)31(35)36-7-2)9-8-10-26(25)29-20-33-30(38-29)24-11-12-28(37-21(3)4)27(19-24)32-5/h8-12,19-21,23H,6-7,13-18H2,1-4H3. The third kappa shape index (κ3) is 6.61. The summed E-state index contributed by atoms with van der Waals surface area (Å²) in [6, 6.07) is 12.3. The number of piperidine rings is 1. The van der Waals surface area contributed by atoms with E-state index in [4.69, 9.17) is 21.0 Å². The second kappa shape index (κ2) is 13.0. The van der Waals surface area contributed by atoms with E-state index in [0.717, 1.165) is 60.8 Å². The number of hydrogen-bond donors (Lipinski definition) is 0. The van der Waals surface area contributed by atoms with Gasteiger partial charge in [0.1, 0.15) is 10.8 Å². The Balaban J connectivity index is 1.47. The smallest absolute Gasteiger partial charge is 0.309 e. The van der Waals surface area contributed by atoms with Gasteiger partial charge in [-0.25, -0.2) is 9.83 Å². The molecule has 0 saturated carbocycles. The maximum atomic E-state index is 12.1. The van der Waals surface area contributed by atoms with E-state index >= 15 is 0 Å². The zero-order chi connectivity index (χ0) is 27.1. The Hall–Kier alpha value is -3.21. The number of ether oxygens (including phenoxy) is 2. The average molecular weight is 532 g/mol. The first-order valence-electron chi connectivity index (χ1n) is 13.6. The van der Waals surface area contributed by atoms with Crippen LogP contribution in [-0.2, 0) is 22.4 Å². The molecule has 38 heavy (non-hydrogen) atoms. The molecule has 1 aliphatic heterocycles. The molecule has 1 saturated heterocycles. The Morgan fingerprint density at radius 3 is 2.68 bits per heavy atom. The molecule has 6 nitrogen and oxygen atoms in total. The van der Waals surface area contributed by atoms with E-state index < -0.39 is 0 Å². The van der Waals surface area contributed by atoms with E-state index in [1.54, 1.807) is 11.3 Å². The van der Waals surface area contributed by atoms with Gasteiger partial charge in [0.05, 0.1) is 30.1 Å². The Bertz CT molecular complexity index is 1290. The normalized spacial score (nSPS) is 14.4. The number of carbonyl (C=O) groups excluding carboxylic acids is 1. The first-order valence-corrected chi connectivity index (χ1v) is 14.4. The second-order valence-electron chi connectivity index (χ2n) is 9.91. The molecule has 0 N–H and O–H groups in total. The summed E-state index contributed by atoms with van der Waals surface area (Å²) >= 11 is 1.66. The number of benzene rings is 2. The minimum absolute atomic E-state index is 0.0176. The van der Waals surface area contributed by atoms with Crippen molar-refractivity contribution in [3.8, 4) is 26.8 Å². The number of likely N-dealkylation sites (tertiary alicyclic amines) is 1. The molecule has 0 unspecified atom stereocenters. The first kappa shape index (κ1) is 27.8. The minimum atomic E-state index is -0.0396. The molecule has 4 rings (SSSR count). The lowest BCUT2D eigenvalue weighted by Gasteiger charge is -2.31. The summed E-state index contributed by atoms with van der Waals surface area (Å²) < 4.78 is 11.0. The van der Waals surface area contributed by atoms with E-state index in [1.807, 2.05) is 45.2 Å². The third-order valence-corrected chi connectivity index (χ3v) is 8.07. The van der Waals surface area contributed by atoms with Gasteiger partial charge in [-0.3, -0.25) is 4.79 Å². The van der Waals surface area contributed by atoms with Crippen LogP contribution in [0.5, 0.6) is 5.75 Å². The number of esters is 1. The van der Waals surface area contributed by atoms with Gasteiger partial charge in [-0.15, -0.1) is 11.3 Å². The molecule has 0 aliphatic carbocycles. The van der Waals surface area contributed by atoms with Crippen LogP contribution in [0, 0.1) is 12.5 Å². The number of hydrogen-bond acceptors (Lipinski definition) is 6. The highest BCUT2D eigenvalue weighted by atomic mass is 32.1. The minimum Gasteiger partial charge on any atom is -0.502 e. The SMILES string of the molecule is [C-]#[N+]c1cc(-c2ncc(-c3cccc(CCN4CCC(C(=O)OCC)CC4)c3CC)s2)ccc1OC(C)C. The number of rotatable bonds is 10. The molecule has 7 heteroatoms. The van der Waals surface area contributed by atoms with Gasteiger partial charge in [0.15, 0.2) is 0 Å². The Morgan fingerprint density at radius 1 is 1.21 bits per heavy atom. The molecule has 1 aliphatic rings. The first-order chi connectivity index (χ1) is 18.4. The fraction of sp³-hybridized carbons (Fsp3) is 0.452. The van der Waals surface area contributed by atoms with E-state index in [-0.39, 0.29) is 18.0 Å². The lowest BCUT2D eigenvalue weighted by atomic mass is 9.94. The molecule has 0 radical (unpaired) electrons. The third-order valence-electron chi connectivity index (χ3n) is 6.99. The van der Waals surface area contributed by atoms with Crippen molar-refractivity contribution < 1.29 is 14.3 Å². The topological polar surface area (TPSA) is 56.0 Å². The van der Waals surface area contributed by atoms with Gasteiger partial charge in [0.25, 0.3) is 0 Å².